The van der Waals surface area contributed by atoms with E-state index in [4.69, 9.17) is 10.5 Å². The summed E-state index contributed by atoms with van der Waals surface area (Å²) >= 11 is 0. The van der Waals surface area contributed by atoms with Gasteiger partial charge in [-0.15, -0.1) is 0 Å². The third-order valence-corrected chi connectivity index (χ3v) is 5.38. The van der Waals surface area contributed by atoms with Gasteiger partial charge in [-0.05, 0) is 37.6 Å². The minimum absolute atomic E-state index is 0.00351. The van der Waals surface area contributed by atoms with Crippen molar-refractivity contribution in [2.45, 2.75) is 25.9 Å². The lowest BCUT2D eigenvalue weighted by atomic mass is 10.1. The molecule has 0 spiro atoms. The topological polar surface area (TPSA) is 157 Å². The Morgan fingerprint density at radius 3 is 2.40 bits per heavy atom. The highest BCUT2D eigenvalue weighted by molar-refractivity contribution is 5.89. The number of anilines is 1. The molecule has 1 aromatic carbocycles. The highest BCUT2D eigenvalue weighted by Crippen LogP contribution is 2.17. The molecule has 3 rings (SSSR count). The van der Waals surface area contributed by atoms with Gasteiger partial charge in [-0.25, -0.2) is 18.8 Å². The minimum Gasteiger partial charge on any atom is -0.434 e. The molecule has 1 aromatic heterocycles. The molecule has 1 fully saturated rings. The Bertz CT molecular complexity index is 1210. The number of nitrogens with one attached hydrogen (secondary N) is 1. The first-order valence-electron chi connectivity index (χ1n) is 10.7. The van der Waals surface area contributed by atoms with E-state index >= 15 is 0 Å². The Balaban J connectivity index is 1.61. The lowest BCUT2D eigenvalue weighted by Crippen LogP contribution is -2.56. The molecule has 0 unspecified atom stereocenters. The second-order valence-corrected chi connectivity index (χ2v) is 8.25. The number of amides is 4. The van der Waals surface area contributed by atoms with Crippen molar-refractivity contribution in [3.63, 3.8) is 0 Å². The molecule has 1 aliphatic rings. The van der Waals surface area contributed by atoms with E-state index in [2.05, 4.69) is 10.3 Å². The number of hydrogen-bond donors (Lipinski definition) is 2. The van der Waals surface area contributed by atoms with Crippen LogP contribution in [0.25, 0.3) is 5.69 Å². The van der Waals surface area contributed by atoms with Gasteiger partial charge in [0, 0.05) is 38.8 Å². The molecule has 4 amide bonds. The lowest BCUT2D eigenvalue weighted by molar-refractivity contribution is -0.149. The van der Waals surface area contributed by atoms with Crippen molar-refractivity contribution in [1.82, 2.24) is 19.4 Å². The van der Waals surface area contributed by atoms with Crippen LogP contribution in [0.5, 0.6) is 0 Å². The Morgan fingerprint density at radius 1 is 1.17 bits per heavy atom. The first kappa shape index (κ1) is 25.3. The van der Waals surface area contributed by atoms with Crippen LogP contribution >= 0.6 is 0 Å². The number of aromatic nitrogens is 2. The first-order valence-corrected chi connectivity index (χ1v) is 10.7. The molecule has 1 saturated heterocycles. The maximum atomic E-state index is 14.1. The normalized spacial score (nSPS) is 13.8. The van der Waals surface area contributed by atoms with E-state index < -0.39 is 35.1 Å². The van der Waals surface area contributed by atoms with Gasteiger partial charge >= 0.3 is 17.8 Å². The molecule has 186 valence electrons. The van der Waals surface area contributed by atoms with Crippen molar-refractivity contribution in [3.05, 3.63) is 52.3 Å². The van der Waals surface area contributed by atoms with E-state index in [-0.39, 0.29) is 49.7 Å². The smallest absolute Gasteiger partial charge is 0.405 e. The van der Waals surface area contributed by atoms with Gasteiger partial charge in [0.1, 0.15) is 17.9 Å². The fourth-order valence-electron chi connectivity index (χ4n) is 3.59. The van der Waals surface area contributed by atoms with Gasteiger partial charge in [-0.1, -0.05) is 6.07 Å². The number of rotatable bonds is 6. The third-order valence-electron chi connectivity index (χ3n) is 5.38. The summed E-state index contributed by atoms with van der Waals surface area (Å²) in [6, 6.07) is 4.89. The zero-order valence-corrected chi connectivity index (χ0v) is 19.2. The third kappa shape index (κ3) is 5.99. The van der Waals surface area contributed by atoms with Crippen molar-refractivity contribution in [1.29, 1.82) is 0 Å². The highest BCUT2D eigenvalue weighted by Gasteiger charge is 2.37. The predicted octanol–water partition coefficient (Wildman–Crippen LogP) is 0.663. The molecule has 2 aromatic rings. The van der Waals surface area contributed by atoms with Gasteiger partial charge in [-0.2, -0.15) is 4.98 Å². The molecular formula is C22H25FN6O6. The molecule has 35 heavy (non-hydrogen) atoms. The summed E-state index contributed by atoms with van der Waals surface area (Å²) in [4.78, 5) is 65.9. The van der Waals surface area contributed by atoms with Crippen LogP contribution in [0.15, 0.2) is 35.3 Å². The van der Waals surface area contributed by atoms with E-state index in [9.17, 15) is 28.4 Å². The zero-order valence-electron chi connectivity index (χ0n) is 19.2. The number of ether oxygens (including phenoxy) is 1. The molecule has 2 heterocycles. The fourth-order valence-corrected chi connectivity index (χ4v) is 3.59. The molecule has 12 nitrogen and oxygen atoms in total. The SMILES string of the molecule is CC(C)(OC(N)=O)C(=O)N1CCN(C(=O)Nc2ccn(-c3ccc(CC=O)c(F)c3)c(=O)n2)CC1. The van der Waals surface area contributed by atoms with Gasteiger partial charge in [0.2, 0.25) is 0 Å². The number of benzene rings is 1. The van der Waals surface area contributed by atoms with Crippen molar-refractivity contribution >= 4 is 30.1 Å². The molecule has 3 N–H and O–H groups in total. The van der Waals surface area contributed by atoms with Gasteiger partial charge in [0.05, 0.1) is 5.69 Å². The quantitative estimate of drug-likeness (QED) is 0.566. The van der Waals surface area contributed by atoms with Crippen LogP contribution < -0.4 is 16.7 Å². The van der Waals surface area contributed by atoms with Crippen LogP contribution in [0.2, 0.25) is 0 Å². The van der Waals surface area contributed by atoms with Crippen LogP contribution in [0.1, 0.15) is 19.4 Å². The van der Waals surface area contributed by atoms with Crippen molar-refractivity contribution in [3.8, 4) is 5.69 Å². The summed E-state index contributed by atoms with van der Waals surface area (Å²) in [7, 11) is 0. The van der Waals surface area contributed by atoms with Crippen LogP contribution in [-0.4, -0.2) is 75.4 Å². The van der Waals surface area contributed by atoms with E-state index in [1.54, 1.807) is 0 Å². The number of nitrogens with two attached hydrogens (primary N) is 1. The first-order chi connectivity index (χ1) is 16.5. The van der Waals surface area contributed by atoms with E-state index in [1.165, 1.54) is 48.0 Å². The summed E-state index contributed by atoms with van der Waals surface area (Å²) in [6.45, 7) is 3.68. The second kappa shape index (κ2) is 10.3. The molecule has 0 bridgehead atoms. The van der Waals surface area contributed by atoms with Crippen LogP contribution in [0, 0.1) is 5.82 Å². The predicted molar refractivity (Wildman–Crippen MR) is 121 cm³/mol. The number of urea groups is 1. The molecule has 13 heteroatoms. The number of nitrogens with zero attached hydrogens (tertiary/aromatic N) is 4. The van der Waals surface area contributed by atoms with Crippen molar-refractivity contribution in [2.75, 3.05) is 31.5 Å². The van der Waals surface area contributed by atoms with E-state index in [1.807, 2.05) is 0 Å². The molecule has 0 saturated carbocycles. The molecule has 0 aliphatic carbocycles. The molecular weight excluding hydrogens is 463 g/mol. The highest BCUT2D eigenvalue weighted by atomic mass is 19.1. The molecule has 1 aliphatic heterocycles. The van der Waals surface area contributed by atoms with Crippen LogP contribution in [0.3, 0.4) is 0 Å². The number of piperazine rings is 1. The van der Waals surface area contributed by atoms with E-state index in [0.717, 1.165) is 10.6 Å². The van der Waals surface area contributed by atoms with Crippen molar-refractivity contribution < 1.29 is 28.3 Å². The Labute approximate surface area is 199 Å². The summed E-state index contributed by atoms with van der Waals surface area (Å²) in [6.07, 6.45) is 0.790. The van der Waals surface area contributed by atoms with Crippen molar-refractivity contribution in [2.24, 2.45) is 5.73 Å². The number of carbonyl (C=O) groups excluding carboxylic acids is 4. The number of aldehydes is 1. The number of primary amides is 1. The minimum atomic E-state index is -1.43. The summed E-state index contributed by atoms with van der Waals surface area (Å²) in [5.41, 5.74) is 3.27. The molecule has 0 radical (unpaired) electrons. The Kier molecular flexibility index (Phi) is 7.47. The summed E-state index contributed by atoms with van der Waals surface area (Å²) < 4.78 is 20.1. The second-order valence-electron chi connectivity index (χ2n) is 8.25. The summed E-state index contributed by atoms with van der Waals surface area (Å²) in [5.74, 6) is -1.05. The van der Waals surface area contributed by atoms with Gasteiger partial charge in [0.25, 0.3) is 5.91 Å². The standard InChI is InChI=1S/C22H25FN6O6/c1-22(2,35-19(24)32)18(31)27-8-10-28(11-9-27)20(33)25-17-5-7-29(21(34)26-17)15-4-3-14(6-12-30)16(23)13-15/h3-5,7,12-13H,6,8-11H2,1-2H3,(H2,24,32)(H,25,26,33,34). The van der Waals surface area contributed by atoms with Crippen LogP contribution in [0.4, 0.5) is 19.8 Å². The van der Waals surface area contributed by atoms with Gasteiger partial charge in [-0.3, -0.25) is 14.7 Å². The largest absolute Gasteiger partial charge is 0.434 e. The number of hydrogen-bond acceptors (Lipinski definition) is 7. The van der Waals surface area contributed by atoms with Crippen LogP contribution in [-0.2, 0) is 20.7 Å². The van der Waals surface area contributed by atoms with Gasteiger partial charge in [0.15, 0.2) is 5.60 Å². The Morgan fingerprint density at radius 2 is 1.83 bits per heavy atom. The average molecular weight is 488 g/mol. The molecule has 0 atom stereocenters. The average Bonchev–Trinajstić information content (AvgIpc) is 2.79. The number of halogens is 1. The number of carbonyl (C=O) groups is 4. The monoisotopic (exact) mass is 488 g/mol. The van der Waals surface area contributed by atoms with E-state index in [0.29, 0.717) is 6.29 Å². The lowest BCUT2D eigenvalue weighted by Gasteiger charge is -2.37. The summed E-state index contributed by atoms with van der Waals surface area (Å²) in [5, 5.41) is 2.53. The van der Waals surface area contributed by atoms with Gasteiger partial charge < -0.3 is 25.1 Å². The maximum Gasteiger partial charge on any atom is 0.405 e. The zero-order chi connectivity index (χ0) is 25.8. The maximum absolute atomic E-state index is 14.1. The Hall–Kier alpha value is -4.29. The fraction of sp³-hybridized carbons (Fsp3) is 0.364.